The predicted octanol–water partition coefficient (Wildman–Crippen LogP) is 4.25. The Balaban J connectivity index is 2.06. The molecule has 1 nitrogen and oxygen atoms in total. The largest absolute Gasteiger partial charge is 0.366 e. The van der Waals surface area contributed by atoms with Gasteiger partial charge in [-0.25, -0.2) is 0 Å². The van der Waals surface area contributed by atoms with Gasteiger partial charge in [0.05, 0.1) is 11.7 Å². The first-order valence-corrected chi connectivity index (χ1v) is 6.54. The van der Waals surface area contributed by atoms with Crippen molar-refractivity contribution < 1.29 is 4.74 Å². The lowest BCUT2D eigenvalue weighted by Crippen LogP contribution is -2.32. The van der Waals surface area contributed by atoms with Crippen LogP contribution in [0.1, 0.15) is 52.9 Å². The van der Waals surface area contributed by atoms with Crippen molar-refractivity contribution in [3.63, 3.8) is 0 Å². The minimum atomic E-state index is 0.102. The van der Waals surface area contributed by atoms with Crippen molar-refractivity contribution in [3.05, 3.63) is 24.3 Å². The van der Waals surface area contributed by atoms with Gasteiger partial charge < -0.3 is 4.74 Å². The summed E-state index contributed by atoms with van der Waals surface area (Å²) >= 11 is 0. The van der Waals surface area contributed by atoms with Gasteiger partial charge in [-0.15, -0.1) is 0 Å². The molecule has 1 aliphatic heterocycles. The summed E-state index contributed by atoms with van der Waals surface area (Å²) in [6.07, 6.45) is 15.6. The molecular formula is C15H24O. The lowest BCUT2D eigenvalue weighted by molar-refractivity contribution is 0.156. The van der Waals surface area contributed by atoms with E-state index in [9.17, 15) is 0 Å². The highest BCUT2D eigenvalue weighted by Crippen LogP contribution is 2.53. The highest BCUT2D eigenvalue weighted by molar-refractivity contribution is 5.11. The van der Waals surface area contributed by atoms with Gasteiger partial charge in [-0.05, 0) is 44.4 Å². The van der Waals surface area contributed by atoms with Crippen LogP contribution in [0.25, 0.3) is 0 Å². The summed E-state index contributed by atoms with van der Waals surface area (Å²) in [4.78, 5) is 0. The van der Waals surface area contributed by atoms with Crippen LogP contribution in [0.5, 0.6) is 0 Å². The van der Waals surface area contributed by atoms with Gasteiger partial charge in [-0.1, -0.05) is 38.2 Å². The summed E-state index contributed by atoms with van der Waals surface area (Å²) in [6.45, 7) is 6.94. The third-order valence-corrected chi connectivity index (χ3v) is 4.35. The molecule has 1 fully saturated rings. The fraction of sp³-hybridized carbons (Fsp3) is 0.733. The molecule has 2 rings (SSSR count). The predicted molar refractivity (Wildman–Crippen MR) is 68.4 cm³/mol. The third kappa shape index (κ3) is 2.24. The number of allylic oxidation sites excluding steroid dienone is 4. The Morgan fingerprint density at radius 3 is 2.31 bits per heavy atom. The zero-order valence-corrected chi connectivity index (χ0v) is 10.8. The Labute approximate surface area is 99.6 Å². The monoisotopic (exact) mass is 220 g/mol. The quantitative estimate of drug-likeness (QED) is 0.439. The van der Waals surface area contributed by atoms with Crippen LogP contribution in [0.2, 0.25) is 0 Å². The molecule has 2 aliphatic rings. The van der Waals surface area contributed by atoms with Crippen LogP contribution in [0.3, 0.4) is 0 Å². The first kappa shape index (κ1) is 11.9. The molecule has 2 atom stereocenters. The summed E-state index contributed by atoms with van der Waals surface area (Å²) in [5, 5.41) is 0. The molecule has 90 valence electrons. The lowest BCUT2D eigenvalue weighted by Gasteiger charge is -2.28. The molecule has 0 aromatic heterocycles. The maximum Gasteiger partial charge on any atom is 0.0973 e. The van der Waals surface area contributed by atoms with Crippen molar-refractivity contribution in [3.8, 4) is 0 Å². The first-order valence-electron chi connectivity index (χ1n) is 6.54. The van der Waals surface area contributed by atoms with Crippen molar-refractivity contribution >= 4 is 0 Å². The topological polar surface area (TPSA) is 12.5 Å². The number of ether oxygens (including phenoxy) is 1. The second-order valence-electron chi connectivity index (χ2n) is 5.90. The molecule has 0 N–H and O–H groups in total. The van der Waals surface area contributed by atoms with Crippen LogP contribution < -0.4 is 0 Å². The van der Waals surface area contributed by atoms with Crippen LogP contribution in [0.4, 0.5) is 0 Å². The smallest absolute Gasteiger partial charge is 0.0973 e. The second kappa shape index (κ2) is 4.37. The Morgan fingerprint density at radius 1 is 0.938 bits per heavy atom. The van der Waals surface area contributed by atoms with Crippen LogP contribution in [0.15, 0.2) is 24.3 Å². The standard InChI is InChI=1S/C15H24O/c1-14(2)12-10-8-6-4-5-7-9-11-13-15(14,3)16-13/h5,7-8,10,13H,4,6,9,11-12H2,1-3H3. The van der Waals surface area contributed by atoms with Crippen molar-refractivity contribution in [1.29, 1.82) is 0 Å². The van der Waals surface area contributed by atoms with E-state index in [1.807, 2.05) is 0 Å². The number of hydrogen-bond acceptors (Lipinski definition) is 1. The van der Waals surface area contributed by atoms with E-state index in [4.69, 9.17) is 4.74 Å². The van der Waals surface area contributed by atoms with Gasteiger partial charge in [0.15, 0.2) is 0 Å². The summed E-state index contributed by atoms with van der Waals surface area (Å²) in [7, 11) is 0. The van der Waals surface area contributed by atoms with Crippen LogP contribution >= 0.6 is 0 Å². The Bertz CT molecular complexity index is 301. The molecule has 0 saturated carbocycles. The molecule has 1 heterocycles. The van der Waals surface area contributed by atoms with Crippen molar-refractivity contribution in [2.24, 2.45) is 5.41 Å². The third-order valence-electron chi connectivity index (χ3n) is 4.35. The Hall–Kier alpha value is -0.560. The van der Waals surface area contributed by atoms with E-state index in [0.717, 1.165) is 6.42 Å². The minimum Gasteiger partial charge on any atom is -0.366 e. The highest BCUT2D eigenvalue weighted by Gasteiger charge is 2.60. The number of rotatable bonds is 0. The van der Waals surface area contributed by atoms with Crippen molar-refractivity contribution in [2.75, 3.05) is 0 Å². The molecule has 0 bridgehead atoms. The van der Waals surface area contributed by atoms with E-state index in [1.165, 1.54) is 25.7 Å². The molecule has 0 aromatic rings. The van der Waals surface area contributed by atoms with Crippen LogP contribution in [-0.4, -0.2) is 11.7 Å². The molecule has 0 spiro atoms. The molecular weight excluding hydrogens is 196 g/mol. The van der Waals surface area contributed by atoms with Crippen LogP contribution in [-0.2, 0) is 4.74 Å². The van der Waals surface area contributed by atoms with E-state index in [0.29, 0.717) is 6.10 Å². The fourth-order valence-electron chi connectivity index (χ4n) is 2.57. The van der Waals surface area contributed by atoms with Crippen molar-refractivity contribution in [1.82, 2.24) is 0 Å². The minimum absolute atomic E-state index is 0.102. The molecule has 0 radical (unpaired) electrons. The van der Waals surface area contributed by atoms with Crippen molar-refractivity contribution in [2.45, 2.75) is 64.6 Å². The molecule has 16 heavy (non-hydrogen) atoms. The van der Waals surface area contributed by atoms with E-state index < -0.39 is 0 Å². The lowest BCUT2D eigenvalue weighted by atomic mass is 9.74. The number of fused-ring (bicyclic) bond motifs is 1. The van der Waals surface area contributed by atoms with Gasteiger partial charge in [0.25, 0.3) is 0 Å². The highest BCUT2D eigenvalue weighted by atomic mass is 16.6. The molecule has 1 saturated heterocycles. The van der Waals surface area contributed by atoms with Gasteiger partial charge >= 0.3 is 0 Å². The zero-order chi connectivity index (χ0) is 11.6. The van der Waals surface area contributed by atoms with E-state index in [1.54, 1.807) is 0 Å². The number of epoxide rings is 1. The molecule has 0 amide bonds. The fourth-order valence-corrected chi connectivity index (χ4v) is 2.57. The normalized spacial score (nSPS) is 38.3. The average Bonchev–Trinajstić information content (AvgIpc) is 2.88. The summed E-state index contributed by atoms with van der Waals surface area (Å²) in [5.74, 6) is 0. The molecule has 2 unspecified atom stereocenters. The second-order valence-corrected chi connectivity index (χ2v) is 5.90. The van der Waals surface area contributed by atoms with Gasteiger partial charge in [0.2, 0.25) is 0 Å². The SMILES string of the molecule is CC1(C)CC=CCCC=CCCC2OC21C. The number of hydrogen-bond donors (Lipinski definition) is 0. The van der Waals surface area contributed by atoms with Gasteiger partial charge in [0.1, 0.15) is 0 Å². The van der Waals surface area contributed by atoms with Gasteiger partial charge in [-0.3, -0.25) is 0 Å². The molecule has 1 heteroatoms. The molecule has 1 aliphatic carbocycles. The van der Waals surface area contributed by atoms with Gasteiger partial charge in [-0.2, -0.15) is 0 Å². The zero-order valence-electron chi connectivity index (χ0n) is 10.8. The summed E-state index contributed by atoms with van der Waals surface area (Å²) in [6, 6.07) is 0. The maximum atomic E-state index is 5.97. The van der Waals surface area contributed by atoms with E-state index in [-0.39, 0.29) is 11.0 Å². The Kier molecular flexibility index (Phi) is 3.25. The summed E-state index contributed by atoms with van der Waals surface area (Å²) in [5.41, 5.74) is 0.363. The summed E-state index contributed by atoms with van der Waals surface area (Å²) < 4.78 is 5.97. The van der Waals surface area contributed by atoms with Crippen LogP contribution in [0, 0.1) is 5.41 Å². The maximum absolute atomic E-state index is 5.97. The molecule has 0 aromatic carbocycles. The van der Waals surface area contributed by atoms with E-state index >= 15 is 0 Å². The van der Waals surface area contributed by atoms with Gasteiger partial charge in [0, 0.05) is 0 Å². The first-order chi connectivity index (χ1) is 7.56. The Morgan fingerprint density at radius 2 is 1.56 bits per heavy atom. The average molecular weight is 220 g/mol. The van der Waals surface area contributed by atoms with E-state index in [2.05, 4.69) is 45.1 Å².